The number of nitrogens with two attached hydrogens (primary N) is 1. The summed E-state index contributed by atoms with van der Waals surface area (Å²) in [6.45, 7) is 1.07. The van der Waals surface area contributed by atoms with Gasteiger partial charge >= 0.3 is 0 Å². The molecule has 1 aromatic carbocycles. The molecule has 0 aliphatic rings. The van der Waals surface area contributed by atoms with E-state index in [1.165, 1.54) is 23.9 Å². The molecule has 0 saturated carbocycles. The average molecular weight is 271 g/mol. The standard InChI is InChI=1S/C15H17N3O2/c16-8-7-11-1-3-12(4-2-11)9-18-15(20)13-5-6-14(19)17-10-13/h1-6,10H,7-9,16H2,(H,17,19)(H,18,20). The molecule has 0 atom stereocenters. The van der Waals surface area contributed by atoms with Crippen LogP contribution in [0.1, 0.15) is 21.5 Å². The zero-order chi connectivity index (χ0) is 14.4. The summed E-state index contributed by atoms with van der Waals surface area (Å²) in [6.07, 6.45) is 2.26. The van der Waals surface area contributed by atoms with Gasteiger partial charge in [-0.25, -0.2) is 0 Å². The Kier molecular flexibility index (Phi) is 4.68. The predicted octanol–water partition coefficient (Wildman–Crippen LogP) is 0.806. The van der Waals surface area contributed by atoms with E-state index in [0.29, 0.717) is 18.7 Å². The molecule has 0 saturated heterocycles. The zero-order valence-electron chi connectivity index (χ0n) is 11.1. The van der Waals surface area contributed by atoms with E-state index < -0.39 is 0 Å². The van der Waals surface area contributed by atoms with E-state index in [0.717, 1.165) is 12.0 Å². The van der Waals surface area contributed by atoms with Crippen molar-refractivity contribution in [1.82, 2.24) is 10.3 Å². The van der Waals surface area contributed by atoms with Crippen LogP contribution in [0.25, 0.3) is 0 Å². The summed E-state index contributed by atoms with van der Waals surface area (Å²) in [7, 11) is 0. The molecule has 0 aliphatic heterocycles. The second-order valence-electron chi connectivity index (χ2n) is 4.48. The highest BCUT2D eigenvalue weighted by Gasteiger charge is 2.04. The third-order valence-electron chi connectivity index (χ3n) is 2.96. The number of carbonyl (C=O) groups is 1. The molecule has 0 radical (unpaired) electrons. The highest BCUT2D eigenvalue weighted by molar-refractivity contribution is 5.93. The maximum atomic E-state index is 11.8. The molecule has 104 valence electrons. The van der Waals surface area contributed by atoms with E-state index in [-0.39, 0.29) is 11.5 Å². The first-order valence-corrected chi connectivity index (χ1v) is 6.44. The zero-order valence-corrected chi connectivity index (χ0v) is 11.1. The lowest BCUT2D eigenvalue weighted by Gasteiger charge is -2.06. The average Bonchev–Trinajstić information content (AvgIpc) is 2.47. The van der Waals surface area contributed by atoms with Gasteiger partial charge in [0.2, 0.25) is 5.56 Å². The van der Waals surface area contributed by atoms with E-state index in [1.807, 2.05) is 24.3 Å². The van der Waals surface area contributed by atoms with Gasteiger partial charge in [0, 0.05) is 18.8 Å². The fraction of sp³-hybridized carbons (Fsp3) is 0.200. The van der Waals surface area contributed by atoms with Crippen molar-refractivity contribution in [2.24, 2.45) is 5.73 Å². The number of benzene rings is 1. The maximum Gasteiger partial charge on any atom is 0.253 e. The van der Waals surface area contributed by atoms with Gasteiger partial charge in [-0.3, -0.25) is 9.59 Å². The Bertz CT molecular complexity index is 612. The number of hydrogen-bond donors (Lipinski definition) is 3. The Morgan fingerprint density at radius 1 is 1.10 bits per heavy atom. The Morgan fingerprint density at radius 2 is 1.80 bits per heavy atom. The van der Waals surface area contributed by atoms with Crippen molar-refractivity contribution < 1.29 is 4.79 Å². The van der Waals surface area contributed by atoms with Gasteiger partial charge in [0.1, 0.15) is 0 Å². The van der Waals surface area contributed by atoms with Crippen LogP contribution in [0.3, 0.4) is 0 Å². The highest BCUT2D eigenvalue weighted by Crippen LogP contribution is 2.05. The molecule has 1 amide bonds. The normalized spacial score (nSPS) is 10.2. The SMILES string of the molecule is NCCc1ccc(CNC(=O)c2ccc(=O)[nH]c2)cc1. The molecule has 20 heavy (non-hydrogen) atoms. The van der Waals surface area contributed by atoms with E-state index in [1.54, 1.807) is 0 Å². The molecule has 4 N–H and O–H groups in total. The van der Waals surface area contributed by atoms with Crippen LogP contribution >= 0.6 is 0 Å². The number of hydrogen-bond acceptors (Lipinski definition) is 3. The van der Waals surface area contributed by atoms with Crippen LogP contribution in [0, 0.1) is 0 Å². The summed E-state index contributed by atoms with van der Waals surface area (Å²) >= 11 is 0. The molecule has 1 heterocycles. The molecule has 1 aromatic heterocycles. The summed E-state index contributed by atoms with van der Waals surface area (Å²) in [5.41, 5.74) is 7.90. The summed E-state index contributed by atoms with van der Waals surface area (Å²) in [6, 6.07) is 10.8. The van der Waals surface area contributed by atoms with Crippen LogP contribution in [0.4, 0.5) is 0 Å². The molecule has 2 aromatic rings. The fourth-order valence-corrected chi connectivity index (χ4v) is 1.83. The van der Waals surface area contributed by atoms with Crippen molar-refractivity contribution in [3.8, 4) is 0 Å². The fourth-order valence-electron chi connectivity index (χ4n) is 1.83. The highest BCUT2D eigenvalue weighted by atomic mass is 16.1. The third kappa shape index (κ3) is 3.80. The van der Waals surface area contributed by atoms with Gasteiger partial charge in [-0.15, -0.1) is 0 Å². The summed E-state index contributed by atoms with van der Waals surface area (Å²) in [4.78, 5) is 25.2. The van der Waals surface area contributed by atoms with Gasteiger partial charge < -0.3 is 16.0 Å². The van der Waals surface area contributed by atoms with Crippen molar-refractivity contribution in [3.63, 3.8) is 0 Å². The number of amides is 1. The first kappa shape index (κ1) is 14.0. The minimum absolute atomic E-state index is 0.215. The van der Waals surface area contributed by atoms with Gasteiger partial charge in [-0.05, 0) is 30.2 Å². The van der Waals surface area contributed by atoms with Gasteiger partial charge in [0.05, 0.1) is 5.56 Å². The Labute approximate surface area is 116 Å². The molecule has 0 bridgehead atoms. The molecular weight excluding hydrogens is 254 g/mol. The molecule has 0 spiro atoms. The largest absolute Gasteiger partial charge is 0.348 e. The first-order chi connectivity index (χ1) is 9.69. The van der Waals surface area contributed by atoms with Crippen molar-refractivity contribution in [1.29, 1.82) is 0 Å². The molecule has 0 unspecified atom stereocenters. The van der Waals surface area contributed by atoms with Crippen molar-refractivity contribution >= 4 is 5.91 Å². The maximum absolute atomic E-state index is 11.8. The topological polar surface area (TPSA) is 88.0 Å². The minimum atomic E-state index is -0.225. The summed E-state index contributed by atoms with van der Waals surface area (Å²) in [5.74, 6) is -0.215. The number of carbonyl (C=O) groups excluding carboxylic acids is 1. The van der Waals surface area contributed by atoms with Crippen LogP contribution in [0.2, 0.25) is 0 Å². The van der Waals surface area contributed by atoms with E-state index in [9.17, 15) is 9.59 Å². The molecule has 2 rings (SSSR count). The molecule has 0 aliphatic carbocycles. The van der Waals surface area contributed by atoms with Gasteiger partial charge in [0.25, 0.3) is 5.91 Å². The van der Waals surface area contributed by atoms with Crippen LogP contribution in [-0.2, 0) is 13.0 Å². The number of nitrogens with one attached hydrogen (secondary N) is 2. The van der Waals surface area contributed by atoms with Crippen molar-refractivity contribution in [2.75, 3.05) is 6.54 Å². The van der Waals surface area contributed by atoms with Crippen molar-refractivity contribution in [3.05, 3.63) is 69.6 Å². The van der Waals surface area contributed by atoms with Crippen LogP contribution in [0.5, 0.6) is 0 Å². The smallest absolute Gasteiger partial charge is 0.253 e. The lowest BCUT2D eigenvalue weighted by atomic mass is 10.1. The third-order valence-corrected chi connectivity index (χ3v) is 2.96. The molecule has 0 fully saturated rings. The molecule has 5 nitrogen and oxygen atoms in total. The lowest BCUT2D eigenvalue weighted by molar-refractivity contribution is 0.0950. The molecule has 5 heteroatoms. The van der Waals surface area contributed by atoms with Crippen LogP contribution in [0.15, 0.2) is 47.4 Å². The van der Waals surface area contributed by atoms with Gasteiger partial charge in [-0.1, -0.05) is 24.3 Å². The number of H-pyrrole nitrogens is 1. The number of aromatic nitrogens is 1. The Hall–Kier alpha value is -2.40. The lowest BCUT2D eigenvalue weighted by Crippen LogP contribution is -2.23. The molecular formula is C15H17N3O2. The van der Waals surface area contributed by atoms with Gasteiger partial charge in [0.15, 0.2) is 0 Å². The number of aromatic amines is 1. The van der Waals surface area contributed by atoms with Crippen molar-refractivity contribution in [2.45, 2.75) is 13.0 Å². The first-order valence-electron chi connectivity index (χ1n) is 6.44. The van der Waals surface area contributed by atoms with E-state index in [4.69, 9.17) is 5.73 Å². The number of rotatable bonds is 5. The summed E-state index contributed by atoms with van der Waals surface area (Å²) < 4.78 is 0. The van der Waals surface area contributed by atoms with Gasteiger partial charge in [-0.2, -0.15) is 0 Å². The monoisotopic (exact) mass is 271 g/mol. The number of pyridine rings is 1. The summed E-state index contributed by atoms with van der Waals surface area (Å²) in [5, 5.41) is 2.80. The minimum Gasteiger partial charge on any atom is -0.348 e. The predicted molar refractivity (Wildman–Crippen MR) is 77.4 cm³/mol. The Balaban J connectivity index is 1.92. The van der Waals surface area contributed by atoms with Crippen LogP contribution < -0.4 is 16.6 Å². The quantitative estimate of drug-likeness (QED) is 0.751. The second-order valence-corrected chi connectivity index (χ2v) is 4.48. The van der Waals surface area contributed by atoms with E-state index in [2.05, 4.69) is 10.3 Å². The van der Waals surface area contributed by atoms with E-state index >= 15 is 0 Å². The second kappa shape index (κ2) is 6.68. The van der Waals surface area contributed by atoms with Crippen LogP contribution in [-0.4, -0.2) is 17.4 Å². The Morgan fingerprint density at radius 3 is 2.40 bits per heavy atom.